The smallest absolute Gasteiger partial charge is 0.408 e. The fourth-order valence-electron chi connectivity index (χ4n) is 3.33. The van der Waals surface area contributed by atoms with Gasteiger partial charge in [-0.05, 0) is 46.6 Å². The molecule has 0 fully saturated rings. The Kier molecular flexibility index (Phi) is 7.44. The van der Waals surface area contributed by atoms with Gasteiger partial charge in [-0.3, -0.25) is 4.79 Å². The first-order valence-corrected chi connectivity index (χ1v) is 10.7. The Morgan fingerprint density at radius 2 is 1.85 bits per heavy atom. The van der Waals surface area contributed by atoms with Crippen molar-refractivity contribution in [3.8, 4) is 0 Å². The Morgan fingerprint density at radius 1 is 1.21 bits per heavy atom. The molecule has 3 rings (SSSR count). The second-order valence-corrected chi connectivity index (χ2v) is 8.18. The van der Waals surface area contributed by atoms with Crippen LogP contribution in [-0.2, 0) is 11.2 Å². The van der Waals surface area contributed by atoms with Crippen molar-refractivity contribution in [1.29, 1.82) is 0 Å². The number of halogens is 6. The third kappa shape index (κ3) is 5.46. The van der Waals surface area contributed by atoms with Gasteiger partial charge in [-0.1, -0.05) is 6.92 Å². The number of carbonyl (C=O) groups excluding carboxylic acids is 1. The van der Waals surface area contributed by atoms with E-state index in [1.165, 1.54) is 13.1 Å². The van der Waals surface area contributed by atoms with E-state index in [1.54, 1.807) is 22.7 Å². The lowest BCUT2D eigenvalue weighted by Gasteiger charge is -2.22. The van der Waals surface area contributed by atoms with Gasteiger partial charge in [0.25, 0.3) is 5.91 Å². The van der Waals surface area contributed by atoms with Crippen molar-refractivity contribution >= 4 is 39.1 Å². The number of imidazole rings is 1. The Hall–Kier alpha value is -3.22. The number of nitrogens with zero attached hydrogens (tertiary/aromatic N) is 2. The van der Waals surface area contributed by atoms with Crippen LogP contribution in [0.2, 0.25) is 0 Å². The molecule has 0 aliphatic rings. The lowest BCUT2D eigenvalue weighted by Crippen LogP contribution is -2.43. The molecular weight excluding hydrogens is 531 g/mol. The topological polar surface area (TPSA) is 95.7 Å². The Morgan fingerprint density at radius 3 is 2.41 bits per heavy atom. The highest BCUT2D eigenvalue weighted by molar-refractivity contribution is 9.10. The summed E-state index contributed by atoms with van der Waals surface area (Å²) in [6, 6.07) is 0.706. The molecule has 2 heterocycles. The maximum atomic E-state index is 14.5. The first kappa shape index (κ1) is 25.4. The predicted molar refractivity (Wildman–Crippen MR) is 116 cm³/mol. The number of pyridine rings is 1. The molecule has 0 saturated carbocycles. The third-order valence-corrected chi connectivity index (χ3v) is 5.63. The molecule has 0 radical (unpaired) electrons. The summed E-state index contributed by atoms with van der Waals surface area (Å²) in [5, 5.41) is 13.6. The van der Waals surface area contributed by atoms with Gasteiger partial charge in [-0.15, -0.1) is 0 Å². The molecule has 7 nitrogen and oxygen atoms in total. The van der Waals surface area contributed by atoms with E-state index in [0.29, 0.717) is 27.9 Å². The molecular formula is C21H18BrF5N4O3. The van der Waals surface area contributed by atoms with Crippen LogP contribution in [0, 0.1) is 11.6 Å². The van der Waals surface area contributed by atoms with Gasteiger partial charge in [0.2, 0.25) is 0 Å². The summed E-state index contributed by atoms with van der Waals surface area (Å²) in [5.74, 6) is -5.71. The number of carbonyl (C=O) groups is 2. The Labute approximate surface area is 198 Å². The van der Waals surface area contributed by atoms with Crippen LogP contribution in [0.15, 0.2) is 41.1 Å². The second kappa shape index (κ2) is 9.95. The highest BCUT2D eigenvalue weighted by atomic mass is 79.9. The summed E-state index contributed by atoms with van der Waals surface area (Å²) in [6.45, 7) is 1.24. The zero-order chi connectivity index (χ0) is 25.2. The average Bonchev–Trinajstić information content (AvgIpc) is 3.23. The summed E-state index contributed by atoms with van der Waals surface area (Å²) in [5.41, 5.74) is -0.678. The molecule has 0 aliphatic heterocycles. The van der Waals surface area contributed by atoms with E-state index in [2.05, 4.69) is 26.2 Å². The molecule has 1 amide bonds. The maximum Gasteiger partial charge on any atom is 0.408 e. The first-order chi connectivity index (χ1) is 15.9. The number of nitrogens with one attached hydrogen (secondary N) is 2. The molecule has 34 heavy (non-hydrogen) atoms. The standard InChI is InChI=1S/C21H18BrF5N4O3/c1-2-16(21(25,26)27)29-10-7-13(23)17(14(24)8-10)19(32)30-15(20(33)34)9-11-3-4-12(22)18-28-5-6-31(11)18/h3-8,15-16,29H,2,9H2,1H3,(H,30,32)(H,33,34)/t15-,16+/m0/s1. The molecule has 2 aromatic heterocycles. The molecule has 0 aliphatic carbocycles. The molecule has 0 spiro atoms. The summed E-state index contributed by atoms with van der Waals surface area (Å²) in [6.07, 6.45) is -2.23. The number of anilines is 1. The summed E-state index contributed by atoms with van der Waals surface area (Å²) < 4.78 is 70.1. The van der Waals surface area contributed by atoms with E-state index in [4.69, 9.17) is 0 Å². The van der Waals surface area contributed by atoms with Crippen molar-refractivity contribution in [1.82, 2.24) is 14.7 Å². The number of rotatable bonds is 8. The molecule has 13 heteroatoms. The zero-order valence-corrected chi connectivity index (χ0v) is 19.0. The quantitative estimate of drug-likeness (QED) is 0.359. The highest BCUT2D eigenvalue weighted by Gasteiger charge is 2.38. The molecule has 1 aromatic carbocycles. The second-order valence-electron chi connectivity index (χ2n) is 7.32. The minimum atomic E-state index is -4.65. The van der Waals surface area contributed by atoms with Crippen LogP contribution in [0.3, 0.4) is 0 Å². The fourth-order valence-corrected chi connectivity index (χ4v) is 3.76. The van der Waals surface area contributed by atoms with E-state index < -0.39 is 59.4 Å². The molecule has 0 saturated heterocycles. The number of fused-ring (bicyclic) bond motifs is 1. The van der Waals surface area contributed by atoms with Crippen LogP contribution in [0.5, 0.6) is 0 Å². The number of carboxylic acid groups (broad SMARTS) is 1. The van der Waals surface area contributed by atoms with Gasteiger partial charge in [0, 0.05) is 30.2 Å². The number of amides is 1. The minimum Gasteiger partial charge on any atom is -0.480 e. The van der Waals surface area contributed by atoms with Gasteiger partial charge in [0.1, 0.15) is 29.3 Å². The van der Waals surface area contributed by atoms with E-state index >= 15 is 0 Å². The van der Waals surface area contributed by atoms with Gasteiger partial charge >= 0.3 is 12.1 Å². The van der Waals surface area contributed by atoms with Crippen molar-refractivity contribution in [2.75, 3.05) is 5.32 Å². The van der Waals surface area contributed by atoms with Crippen LogP contribution < -0.4 is 10.6 Å². The molecule has 182 valence electrons. The normalized spacial score (nSPS) is 13.5. The number of alkyl halides is 3. The number of hydrogen-bond donors (Lipinski definition) is 3. The van der Waals surface area contributed by atoms with E-state index in [-0.39, 0.29) is 6.42 Å². The van der Waals surface area contributed by atoms with Crippen molar-refractivity contribution in [2.24, 2.45) is 0 Å². The van der Waals surface area contributed by atoms with Crippen LogP contribution in [0.25, 0.3) is 5.65 Å². The maximum absolute atomic E-state index is 14.5. The SMILES string of the molecule is CC[C@@H](Nc1cc(F)c(C(=O)N[C@@H](Cc2ccc(Br)c3nccn23)C(=O)O)c(F)c1)C(F)(F)F. The Balaban J connectivity index is 1.83. The number of benzene rings is 1. The van der Waals surface area contributed by atoms with E-state index in [9.17, 15) is 36.6 Å². The third-order valence-electron chi connectivity index (χ3n) is 5.02. The molecule has 2 atom stereocenters. The van der Waals surface area contributed by atoms with Crippen LogP contribution in [0.1, 0.15) is 29.4 Å². The summed E-state index contributed by atoms with van der Waals surface area (Å²) >= 11 is 3.31. The molecule has 3 N–H and O–H groups in total. The summed E-state index contributed by atoms with van der Waals surface area (Å²) in [7, 11) is 0. The molecule has 0 bridgehead atoms. The van der Waals surface area contributed by atoms with Gasteiger partial charge in [0.15, 0.2) is 5.65 Å². The highest BCUT2D eigenvalue weighted by Crippen LogP contribution is 2.27. The van der Waals surface area contributed by atoms with Crippen molar-refractivity contribution in [2.45, 2.75) is 38.0 Å². The average molecular weight is 549 g/mol. The number of aliphatic carboxylic acids is 1. The lowest BCUT2D eigenvalue weighted by molar-refractivity contribution is -0.143. The fraction of sp³-hybridized carbons (Fsp3) is 0.286. The van der Waals surface area contributed by atoms with Crippen molar-refractivity contribution in [3.63, 3.8) is 0 Å². The number of aromatic nitrogens is 2. The van der Waals surface area contributed by atoms with Gasteiger partial charge in [-0.25, -0.2) is 18.6 Å². The first-order valence-electron chi connectivity index (χ1n) is 9.88. The van der Waals surface area contributed by atoms with Crippen molar-refractivity contribution in [3.05, 3.63) is 64.0 Å². The van der Waals surface area contributed by atoms with E-state index in [1.807, 2.05) is 5.32 Å². The number of carboxylic acids is 1. The monoisotopic (exact) mass is 548 g/mol. The largest absolute Gasteiger partial charge is 0.480 e. The van der Waals surface area contributed by atoms with Crippen molar-refractivity contribution < 1.29 is 36.6 Å². The predicted octanol–water partition coefficient (Wildman–Crippen LogP) is 4.55. The minimum absolute atomic E-state index is 0.242. The van der Waals surface area contributed by atoms with Crippen LogP contribution in [-0.4, -0.2) is 44.6 Å². The zero-order valence-electron chi connectivity index (χ0n) is 17.5. The molecule has 0 unspecified atom stereocenters. The van der Waals surface area contributed by atoms with Gasteiger partial charge in [-0.2, -0.15) is 13.2 Å². The van der Waals surface area contributed by atoms with Gasteiger partial charge < -0.3 is 20.1 Å². The van der Waals surface area contributed by atoms with Crippen LogP contribution >= 0.6 is 15.9 Å². The van der Waals surface area contributed by atoms with E-state index in [0.717, 1.165) is 0 Å². The summed E-state index contributed by atoms with van der Waals surface area (Å²) in [4.78, 5) is 28.4. The Bertz CT molecular complexity index is 1210. The molecule has 3 aromatic rings. The lowest BCUT2D eigenvalue weighted by atomic mass is 10.1. The van der Waals surface area contributed by atoms with Gasteiger partial charge in [0.05, 0.1) is 4.47 Å². The van der Waals surface area contributed by atoms with Crippen LogP contribution in [0.4, 0.5) is 27.6 Å². The number of hydrogen-bond acceptors (Lipinski definition) is 4.